The third-order valence-electron chi connectivity index (χ3n) is 4.17. The highest BCUT2D eigenvalue weighted by atomic mass is 16.5. The van der Waals surface area contributed by atoms with E-state index in [1.807, 2.05) is 55.5 Å². The Bertz CT molecular complexity index is 880. The number of amides is 1. The van der Waals surface area contributed by atoms with Crippen LogP contribution in [0.15, 0.2) is 54.7 Å². The van der Waals surface area contributed by atoms with Gasteiger partial charge in [0.1, 0.15) is 5.75 Å². The minimum absolute atomic E-state index is 0.129. The van der Waals surface area contributed by atoms with Crippen molar-refractivity contribution in [2.75, 3.05) is 5.32 Å². The lowest BCUT2D eigenvalue weighted by atomic mass is 10.1. The molecule has 1 aliphatic heterocycles. The third-order valence-corrected chi connectivity index (χ3v) is 4.17. The predicted molar refractivity (Wildman–Crippen MR) is 89.7 cm³/mol. The lowest BCUT2D eigenvalue weighted by molar-refractivity contribution is -0.122. The Kier molecular flexibility index (Phi) is 3.23. The van der Waals surface area contributed by atoms with Crippen molar-refractivity contribution in [2.24, 2.45) is 0 Å². The van der Waals surface area contributed by atoms with Gasteiger partial charge in [-0.3, -0.25) is 9.78 Å². The molecule has 3 aromatic rings. The topological polar surface area (TPSA) is 51.2 Å². The molecule has 0 aliphatic carbocycles. The number of rotatable bonds is 2. The minimum Gasteiger partial charge on any atom is -0.480 e. The minimum atomic E-state index is -0.486. The van der Waals surface area contributed by atoms with Gasteiger partial charge in [0.2, 0.25) is 0 Å². The van der Waals surface area contributed by atoms with Crippen LogP contribution in [-0.2, 0) is 11.2 Å². The molecule has 1 amide bonds. The molecule has 1 aliphatic rings. The molecule has 2 heterocycles. The summed E-state index contributed by atoms with van der Waals surface area (Å²) >= 11 is 0. The van der Waals surface area contributed by atoms with Gasteiger partial charge in [0.15, 0.2) is 6.10 Å². The number of nitrogens with one attached hydrogen (secondary N) is 1. The first-order chi connectivity index (χ1) is 11.2. The van der Waals surface area contributed by atoms with Crippen LogP contribution in [0.3, 0.4) is 0 Å². The van der Waals surface area contributed by atoms with Crippen LogP contribution >= 0.6 is 0 Å². The van der Waals surface area contributed by atoms with Gasteiger partial charge in [-0.25, -0.2) is 0 Å². The van der Waals surface area contributed by atoms with Crippen molar-refractivity contribution in [3.8, 4) is 5.75 Å². The molecule has 4 rings (SSSR count). The van der Waals surface area contributed by atoms with Crippen LogP contribution in [0.1, 0.15) is 11.1 Å². The van der Waals surface area contributed by atoms with Gasteiger partial charge >= 0.3 is 0 Å². The first kappa shape index (κ1) is 13.8. The van der Waals surface area contributed by atoms with Crippen LogP contribution in [0.5, 0.6) is 5.75 Å². The Balaban J connectivity index is 1.60. The molecule has 114 valence electrons. The van der Waals surface area contributed by atoms with E-state index in [9.17, 15) is 4.79 Å². The Morgan fingerprint density at radius 2 is 2.04 bits per heavy atom. The maximum absolute atomic E-state index is 12.6. The van der Waals surface area contributed by atoms with E-state index < -0.39 is 6.10 Å². The Morgan fingerprint density at radius 3 is 2.91 bits per heavy atom. The van der Waals surface area contributed by atoms with Crippen molar-refractivity contribution < 1.29 is 9.53 Å². The van der Waals surface area contributed by atoms with Crippen LogP contribution in [0.4, 0.5) is 5.69 Å². The van der Waals surface area contributed by atoms with Crippen molar-refractivity contribution >= 4 is 22.5 Å². The van der Waals surface area contributed by atoms with E-state index in [0.29, 0.717) is 6.42 Å². The van der Waals surface area contributed by atoms with E-state index >= 15 is 0 Å². The van der Waals surface area contributed by atoms with Crippen LogP contribution < -0.4 is 10.1 Å². The van der Waals surface area contributed by atoms with Crippen molar-refractivity contribution in [3.05, 3.63) is 65.9 Å². The Labute approximate surface area is 134 Å². The lowest BCUT2D eigenvalue weighted by Crippen LogP contribution is -2.31. The number of aryl methyl sites for hydroxylation is 1. The summed E-state index contributed by atoms with van der Waals surface area (Å²) in [5, 5.41) is 3.93. The molecule has 0 spiro atoms. The van der Waals surface area contributed by atoms with E-state index in [0.717, 1.165) is 33.5 Å². The number of carbonyl (C=O) groups is 1. The van der Waals surface area contributed by atoms with Gasteiger partial charge in [-0.2, -0.15) is 0 Å². The highest BCUT2D eigenvalue weighted by Crippen LogP contribution is 2.30. The quantitative estimate of drug-likeness (QED) is 0.788. The molecular weight excluding hydrogens is 288 g/mol. The van der Waals surface area contributed by atoms with Gasteiger partial charge in [-0.05, 0) is 42.3 Å². The van der Waals surface area contributed by atoms with Gasteiger partial charge in [0.25, 0.3) is 5.91 Å². The highest BCUT2D eigenvalue weighted by molar-refractivity contribution is 6.03. The molecule has 2 aromatic carbocycles. The van der Waals surface area contributed by atoms with Crippen molar-refractivity contribution in [1.82, 2.24) is 4.98 Å². The fourth-order valence-electron chi connectivity index (χ4n) is 2.96. The number of aromatic nitrogens is 1. The van der Waals surface area contributed by atoms with Crippen LogP contribution in [0, 0.1) is 6.92 Å². The predicted octanol–water partition coefficient (Wildman–Crippen LogP) is 3.49. The third kappa shape index (κ3) is 2.42. The summed E-state index contributed by atoms with van der Waals surface area (Å²) in [6.07, 6.45) is 1.88. The molecule has 0 fully saturated rings. The molecule has 1 unspecified atom stereocenters. The number of para-hydroxylation sites is 1. The molecule has 1 aromatic heterocycles. The Hall–Kier alpha value is -2.88. The summed E-state index contributed by atoms with van der Waals surface area (Å²) in [7, 11) is 0. The average molecular weight is 304 g/mol. The van der Waals surface area contributed by atoms with Crippen LogP contribution in [-0.4, -0.2) is 17.0 Å². The molecule has 23 heavy (non-hydrogen) atoms. The first-order valence-electron chi connectivity index (χ1n) is 7.62. The van der Waals surface area contributed by atoms with Crippen molar-refractivity contribution in [1.29, 1.82) is 0 Å². The standard InChI is InChI=1S/C19H16N2O2/c1-12-8-9-15(14-6-4-10-20-18(12)14)21-19(22)17-11-13-5-2-3-7-16(13)23-17/h2-10,17H,11H2,1H3,(H,21,22). The van der Waals surface area contributed by atoms with Crippen molar-refractivity contribution in [2.45, 2.75) is 19.4 Å². The molecular formula is C19H16N2O2. The van der Waals surface area contributed by atoms with Crippen molar-refractivity contribution in [3.63, 3.8) is 0 Å². The molecule has 1 atom stereocenters. The van der Waals surface area contributed by atoms with E-state index in [1.165, 1.54) is 0 Å². The largest absolute Gasteiger partial charge is 0.480 e. The Morgan fingerprint density at radius 1 is 1.17 bits per heavy atom. The fraction of sp³-hybridized carbons (Fsp3) is 0.158. The molecule has 4 nitrogen and oxygen atoms in total. The molecule has 4 heteroatoms. The maximum atomic E-state index is 12.6. The SMILES string of the molecule is Cc1ccc(NC(=O)C2Cc3ccccc3O2)c2cccnc12. The molecule has 0 bridgehead atoms. The first-order valence-corrected chi connectivity index (χ1v) is 7.62. The zero-order valence-corrected chi connectivity index (χ0v) is 12.7. The van der Waals surface area contributed by atoms with Gasteiger partial charge < -0.3 is 10.1 Å². The molecule has 0 saturated carbocycles. The monoisotopic (exact) mass is 304 g/mol. The summed E-state index contributed by atoms with van der Waals surface area (Å²) in [4.78, 5) is 17.0. The highest BCUT2D eigenvalue weighted by Gasteiger charge is 2.29. The number of anilines is 1. The smallest absolute Gasteiger partial charge is 0.265 e. The second-order valence-electron chi connectivity index (χ2n) is 5.74. The molecule has 0 saturated heterocycles. The number of hydrogen-bond donors (Lipinski definition) is 1. The normalized spacial score (nSPS) is 16.0. The summed E-state index contributed by atoms with van der Waals surface area (Å²) in [5.41, 5.74) is 3.83. The van der Waals surface area contributed by atoms with Gasteiger partial charge in [-0.1, -0.05) is 24.3 Å². The van der Waals surface area contributed by atoms with Gasteiger partial charge in [0, 0.05) is 18.0 Å². The summed E-state index contributed by atoms with van der Waals surface area (Å²) < 4.78 is 5.75. The van der Waals surface area contributed by atoms with E-state index in [4.69, 9.17) is 4.74 Å². The number of nitrogens with zero attached hydrogens (tertiary/aromatic N) is 1. The molecule has 1 N–H and O–H groups in total. The van der Waals surface area contributed by atoms with Gasteiger partial charge in [-0.15, -0.1) is 0 Å². The number of carbonyl (C=O) groups excluding carboxylic acids is 1. The summed E-state index contributed by atoms with van der Waals surface area (Å²) in [6.45, 7) is 2.01. The van der Waals surface area contributed by atoms with E-state index in [2.05, 4.69) is 10.3 Å². The number of benzene rings is 2. The van der Waals surface area contributed by atoms with Crippen LogP contribution in [0.25, 0.3) is 10.9 Å². The van der Waals surface area contributed by atoms with E-state index in [1.54, 1.807) is 6.20 Å². The summed E-state index contributed by atoms with van der Waals surface area (Å²) in [6, 6.07) is 15.5. The van der Waals surface area contributed by atoms with Crippen LogP contribution in [0.2, 0.25) is 0 Å². The number of ether oxygens (including phenoxy) is 1. The molecule has 0 radical (unpaired) electrons. The number of fused-ring (bicyclic) bond motifs is 2. The second kappa shape index (κ2) is 5.39. The van der Waals surface area contributed by atoms with E-state index in [-0.39, 0.29) is 5.91 Å². The second-order valence-corrected chi connectivity index (χ2v) is 5.74. The number of hydrogen-bond acceptors (Lipinski definition) is 3. The average Bonchev–Trinajstić information content (AvgIpc) is 3.02. The summed E-state index contributed by atoms with van der Waals surface area (Å²) in [5.74, 6) is 0.665. The zero-order chi connectivity index (χ0) is 15.8. The zero-order valence-electron chi connectivity index (χ0n) is 12.7. The lowest BCUT2D eigenvalue weighted by Gasteiger charge is -2.13. The van der Waals surface area contributed by atoms with Gasteiger partial charge in [0.05, 0.1) is 11.2 Å². The number of pyridine rings is 1. The fourth-order valence-corrected chi connectivity index (χ4v) is 2.96. The maximum Gasteiger partial charge on any atom is 0.265 e.